The number of pyridine rings is 1. The van der Waals surface area contributed by atoms with Gasteiger partial charge in [-0.1, -0.05) is 29.3 Å². The van der Waals surface area contributed by atoms with Crippen molar-refractivity contribution in [3.8, 4) is 5.75 Å². The standard InChI is InChI=1S/C18H24N2O/c1-12(2)21-17-9-16(10-20-11-17)18(19)8-15-6-13(3)5-14(4)7-15/h5-7,9-12,18H,8,19H2,1-4H3. The lowest BCUT2D eigenvalue weighted by atomic mass is 9.98. The highest BCUT2D eigenvalue weighted by molar-refractivity contribution is 5.32. The van der Waals surface area contributed by atoms with Gasteiger partial charge in [0.1, 0.15) is 5.75 Å². The molecule has 1 aromatic heterocycles. The van der Waals surface area contributed by atoms with Crippen molar-refractivity contribution in [1.29, 1.82) is 0 Å². The Kier molecular flexibility index (Phi) is 4.97. The molecule has 112 valence electrons. The Bertz CT molecular complexity index is 588. The first-order valence-electron chi connectivity index (χ1n) is 7.38. The summed E-state index contributed by atoms with van der Waals surface area (Å²) in [6.07, 6.45) is 4.49. The molecule has 2 aromatic rings. The van der Waals surface area contributed by atoms with Crippen LogP contribution in [-0.2, 0) is 6.42 Å². The maximum atomic E-state index is 6.33. The van der Waals surface area contributed by atoms with Crippen LogP contribution in [-0.4, -0.2) is 11.1 Å². The lowest BCUT2D eigenvalue weighted by Gasteiger charge is -2.15. The maximum Gasteiger partial charge on any atom is 0.138 e. The molecule has 0 aliphatic heterocycles. The zero-order chi connectivity index (χ0) is 15.4. The molecule has 1 atom stereocenters. The van der Waals surface area contributed by atoms with Crippen LogP contribution in [0.2, 0.25) is 0 Å². The van der Waals surface area contributed by atoms with Crippen LogP contribution in [0.5, 0.6) is 5.75 Å². The summed E-state index contributed by atoms with van der Waals surface area (Å²) in [7, 11) is 0. The molecule has 0 fully saturated rings. The topological polar surface area (TPSA) is 48.1 Å². The predicted molar refractivity (Wildman–Crippen MR) is 86.5 cm³/mol. The first kappa shape index (κ1) is 15.5. The van der Waals surface area contributed by atoms with Gasteiger partial charge in [-0.15, -0.1) is 0 Å². The van der Waals surface area contributed by atoms with Crippen molar-refractivity contribution in [1.82, 2.24) is 4.98 Å². The number of rotatable bonds is 5. The number of hydrogen-bond donors (Lipinski definition) is 1. The fourth-order valence-corrected chi connectivity index (χ4v) is 2.53. The number of benzene rings is 1. The molecule has 0 amide bonds. The van der Waals surface area contributed by atoms with E-state index in [9.17, 15) is 0 Å². The molecule has 1 heterocycles. The highest BCUT2D eigenvalue weighted by Crippen LogP contribution is 2.21. The summed E-state index contributed by atoms with van der Waals surface area (Å²) < 4.78 is 5.68. The number of aryl methyl sites for hydroxylation is 2. The van der Waals surface area contributed by atoms with E-state index < -0.39 is 0 Å². The van der Waals surface area contributed by atoms with Crippen LogP contribution in [0.3, 0.4) is 0 Å². The monoisotopic (exact) mass is 284 g/mol. The van der Waals surface area contributed by atoms with E-state index in [1.54, 1.807) is 6.20 Å². The Morgan fingerprint density at radius 3 is 2.33 bits per heavy atom. The maximum absolute atomic E-state index is 6.33. The zero-order valence-electron chi connectivity index (χ0n) is 13.3. The van der Waals surface area contributed by atoms with Crippen molar-refractivity contribution in [2.24, 2.45) is 5.73 Å². The predicted octanol–water partition coefficient (Wildman–Crippen LogP) is 3.73. The van der Waals surface area contributed by atoms with Crippen LogP contribution in [0.25, 0.3) is 0 Å². The molecule has 3 nitrogen and oxygen atoms in total. The summed E-state index contributed by atoms with van der Waals surface area (Å²) in [5.41, 5.74) is 11.1. The van der Waals surface area contributed by atoms with E-state index in [0.717, 1.165) is 17.7 Å². The molecular formula is C18H24N2O. The molecule has 0 radical (unpaired) electrons. The third kappa shape index (κ3) is 4.57. The van der Waals surface area contributed by atoms with E-state index in [1.807, 2.05) is 26.1 Å². The highest BCUT2D eigenvalue weighted by atomic mass is 16.5. The van der Waals surface area contributed by atoms with Crippen LogP contribution in [0.1, 0.15) is 42.1 Å². The SMILES string of the molecule is Cc1cc(C)cc(CC(N)c2cncc(OC(C)C)c2)c1. The van der Waals surface area contributed by atoms with Gasteiger partial charge in [0, 0.05) is 12.2 Å². The number of nitrogens with two attached hydrogens (primary N) is 1. The van der Waals surface area contributed by atoms with Crippen molar-refractivity contribution in [2.45, 2.75) is 46.3 Å². The Hall–Kier alpha value is -1.87. The van der Waals surface area contributed by atoms with Crippen molar-refractivity contribution >= 4 is 0 Å². The van der Waals surface area contributed by atoms with Gasteiger partial charge in [-0.3, -0.25) is 4.98 Å². The summed E-state index contributed by atoms with van der Waals surface area (Å²) in [5, 5.41) is 0. The van der Waals surface area contributed by atoms with E-state index >= 15 is 0 Å². The van der Waals surface area contributed by atoms with Crippen LogP contribution >= 0.6 is 0 Å². The van der Waals surface area contributed by atoms with Gasteiger partial charge in [0.2, 0.25) is 0 Å². The average molecular weight is 284 g/mol. The van der Waals surface area contributed by atoms with Gasteiger partial charge in [0.25, 0.3) is 0 Å². The second kappa shape index (κ2) is 6.72. The van der Waals surface area contributed by atoms with Crippen LogP contribution < -0.4 is 10.5 Å². The van der Waals surface area contributed by atoms with Crippen molar-refractivity contribution < 1.29 is 4.74 Å². The zero-order valence-corrected chi connectivity index (χ0v) is 13.3. The van der Waals surface area contributed by atoms with Gasteiger partial charge in [0.05, 0.1) is 12.3 Å². The van der Waals surface area contributed by atoms with Crippen LogP contribution in [0.15, 0.2) is 36.7 Å². The van der Waals surface area contributed by atoms with E-state index in [4.69, 9.17) is 10.5 Å². The van der Waals surface area contributed by atoms with Gasteiger partial charge in [0.15, 0.2) is 0 Å². The summed E-state index contributed by atoms with van der Waals surface area (Å²) in [6.45, 7) is 8.23. The minimum absolute atomic E-state index is 0.0746. The van der Waals surface area contributed by atoms with Crippen LogP contribution in [0.4, 0.5) is 0 Å². The van der Waals surface area contributed by atoms with Gasteiger partial charge < -0.3 is 10.5 Å². The molecule has 0 aliphatic rings. The molecule has 0 bridgehead atoms. The Balaban J connectivity index is 2.14. The molecule has 21 heavy (non-hydrogen) atoms. The molecule has 2 rings (SSSR count). The lowest BCUT2D eigenvalue weighted by molar-refractivity contribution is 0.241. The summed E-state index contributed by atoms with van der Waals surface area (Å²) in [5.74, 6) is 0.776. The van der Waals surface area contributed by atoms with Gasteiger partial charge in [-0.2, -0.15) is 0 Å². The van der Waals surface area contributed by atoms with Gasteiger partial charge >= 0.3 is 0 Å². The second-order valence-corrected chi connectivity index (χ2v) is 5.93. The molecule has 0 saturated heterocycles. The number of aromatic nitrogens is 1. The van der Waals surface area contributed by atoms with Crippen LogP contribution in [0, 0.1) is 13.8 Å². The van der Waals surface area contributed by atoms with E-state index in [1.165, 1.54) is 16.7 Å². The summed E-state index contributed by atoms with van der Waals surface area (Å²) in [4.78, 5) is 4.23. The van der Waals surface area contributed by atoms with E-state index in [-0.39, 0.29) is 12.1 Å². The van der Waals surface area contributed by atoms with Crippen molar-refractivity contribution in [2.75, 3.05) is 0 Å². The molecular weight excluding hydrogens is 260 g/mol. The smallest absolute Gasteiger partial charge is 0.138 e. The van der Waals surface area contributed by atoms with Gasteiger partial charge in [-0.05, 0) is 51.3 Å². The minimum atomic E-state index is -0.0746. The molecule has 0 aliphatic carbocycles. The number of ether oxygens (including phenoxy) is 1. The molecule has 0 spiro atoms. The van der Waals surface area contributed by atoms with E-state index in [2.05, 4.69) is 37.0 Å². The largest absolute Gasteiger partial charge is 0.489 e. The minimum Gasteiger partial charge on any atom is -0.489 e. The molecule has 2 N–H and O–H groups in total. The van der Waals surface area contributed by atoms with Crippen molar-refractivity contribution in [3.05, 3.63) is 58.9 Å². The quantitative estimate of drug-likeness (QED) is 0.910. The van der Waals surface area contributed by atoms with E-state index in [0.29, 0.717) is 0 Å². The molecule has 3 heteroatoms. The number of nitrogens with zero attached hydrogens (tertiary/aromatic N) is 1. The third-order valence-electron chi connectivity index (χ3n) is 3.27. The molecule has 1 aromatic carbocycles. The Labute approximate surface area is 127 Å². The normalized spacial score (nSPS) is 12.5. The highest BCUT2D eigenvalue weighted by Gasteiger charge is 2.10. The first-order valence-corrected chi connectivity index (χ1v) is 7.38. The first-order chi connectivity index (χ1) is 9.94. The van der Waals surface area contributed by atoms with Gasteiger partial charge in [-0.25, -0.2) is 0 Å². The fourth-order valence-electron chi connectivity index (χ4n) is 2.53. The lowest BCUT2D eigenvalue weighted by Crippen LogP contribution is -2.14. The molecule has 1 unspecified atom stereocenters. The third-order valence-corrected chi connectivity index (χ3v) is 3.27. The summed E-state index contributed by atoms with van der Waals surface area (Å²) in [6, 6.07) is 8.46. The number of hydrogen-bond acceptors (Lipinski definition) is 3. The Morgan fingerprint density at radius 1 is 1.05 bits per heavy atom. The van der Waals surface area contributed by atoms with Crippen molar-refractivity contribution in [3.63, 3.8) is 0 Å². The average Bonchev–Trinajstić information content (AvgIpc) is 2.36. The summed E-state index contributed by atoms with van der Waals surface area (Å²) >= 11 is 0. The second-order valence-electron chi connectivity index (χ2n) is 5.93. The molecule has 0 saturated carbocycles. The Morgan fingerprint density at radius 2 is 1.71 bits per heavy atom. The fraction of sp³-hybridized carbons (Fsp3) is 0.389.